The van der Waals surface area contributed by atoms with Gasteiger partial charge in [0.05, 0.1) is 28.5 Å². The lowest BCUT2D eigenvalue weighted by Crippen LogP contribution is -2.28. The van der Waals surface area contributed by atoms with Crippen LogP contribution in [0.5, 0.6) is 0 Å². The number of anilines is 5. The number of aromatic nitrogens is 5. The monoisotopic (exact) mass is 1080 g/mol. The van der Waals surface area contributed by atoms with Crippen molar-refractivity contribution in [3.63, 3.8) is 0 Å². The highest BCUT2D eigenvalue weighted by Crippen LogP contribution is 2.33. The summed E-state index contributed by atoms with van der Waals surface area (Å²) < 4.78 is 4.27. The second kappa shape index (κ2) is 31.4. The molecule has 0 fully saturated rings. The van der Waals surface area contributed by atoms with Crippen LogP contribution in [0.1, 0.15) is 142 Å². The third kappa shape index (κ3) is 16.2. The maximum absolute atomic E-state index is 12.6. The molecule has 9 aromatic rings. The van der Waals surface area contributed by atoms with Crippen molar-refractivity contribution in [3.8, 4) is 11.4 Å². The quantitative estimate of drug-likeness (QED) is 0.0905. The van der Waals surface area contributed by atoms with Crippen LogP contribution in [-0.4, -0.2) is 41.1 Å². The van der Waals surface area contributed by atoms with Gasteiger partial charge in [-0.15, -0.1) is 11.3 Å². The Labute approximate surface area is 472 Å². The molecule has 0 spiro atoms. The number of hydrogen-bond acceptors (Lipinski definition) is 10. The summed E-state index contributed by atoms with van der Waals surface area (Å²) in [5.74, 6) is -0.252. The average Bonchev–Trinajstić information content (AvgIpc) is 4.26. The van der Waals surface area contributed by atoms with Crippen LogP contribution in [-0.2, 0) is 0 Å². The Morgan fingerprint density at radius 1 is 0.597 bits per heavy atom. The van der Waals surface area contributed by atoms with Crippen molar-refractivity contribution in [1.29, 1.82) is 0 Å². The number of fused-ring (bicyclic) bond motifs is 2. The molecule has 0 saturated carbocycles. The summed E-state index contributed by atoms with van der Waals surface area (Å²) in [4.78, 5) is 39.4. The number of carbonyl (C=O) groups excluding carboxylic acids is 2. The van der Waals surface area contributed by atoms with Gasteiger partial charge in [-0.05, 0) is 137 Å². The summed E-state index contributed by atoms with van der Waals surface area (Å²) in [6.07, 6.45) is 3.30. The highest BCUT2D eigenvalue weighted by molar-refractivity contribution is 8.03. The van der Waals surface area contributed by atoms with E-state index in [1.54, 1.807) is 11.8 Å². The van der Waals surface area contributed by atoms with Gasteiger partial charge in [-0.1, -0.05) is 136 Å². The molecule has 14 heteroatoms. The van der Waals surface area contributed by atoms with Crippen LogP contribution in [0.2, 0.25) is 0 Å². The van der Waals surface area contributed by atoms with E-state index in [1.807, 2.05) is 210 Å². The van der Waals surface area contributed by atoms with Gasteiger partial charge in [0.1, 0.15) is 22.5 Å². The van der Waals surface area contributed by atoms with Gasteiger partial charge < -0.3 is 26.6 Å². The van der Waals surface area contributed by atoms with Crippen LogP contribution >= 0.6 is 23.1 Å². The van der Waals surface area contributed by atoms with E-state index < -0.39 is 0 Å². The Morgan fingerprint density at radius 3 is 1.68 bits per heavy atom. The van der Waals surface area contributed by atoms with Crippen LogP contribution in [0.3, 0.4) is 0 Å². The van der Waals surface area contributed by atoms with Crippen molar-refractivity contribution < 1.29 is 15.3 Å². The molecule has 10 rings (SSSR count). The summed E-state index contributed by atoms with van der Waals surface area (Å²) in [6.45, 7) is 32.4. The summed E-state index contributed by atoms with van der Waals surface area (Å²) in [5, 5.41) is 21.2. The zero-order valence-electron chi connectivity index (χ0n) is 48.0. The molecule has 77 heavy (non-hydrogen) atoms. The van der Waals surface area contributed by atoms with Gasteiger partial charge in [0, 0.05) is 62.3 Å². The Balaban J connectivity index is 0.00000129. The second-order valence-electron chi connectivity index (χ2n) is 16.7. The van der Waals surface area contributed by atoms with E-state index in [-0.39, 0.29) is 23.0 Å². The van der Waals surface area contributed by atoms with E-state index in [9.17, 15) is 9.59 Å². The number of hydrogen-bond donors (Lipinski definition) is 5. The van der Waals surface area contributed by atoms with E-state index in [0.29, 0.717) is 11.1 Å². The normalized spacial score (nSPS) is 11.8. The molecular formula is C63H88N10O2S2. The van der Waals surface area contributed by atoms with E-state index >= 15 is 0 Å². The van der Waals surface area contributed by atoms with Gasteiger partial charge in [0.2, 0.25) is 0 Å². The van der Waals surface area contributed by atoms with E-state index in [2.05, 4.69) is 85.6 Å². The third-order valence-corrected chi connectivity index (χ3v) is 12.9. The number of pyridine rings is 2. The van der Waals surface area contributed by atoms with Crippen molar-refractivity contribution in [3.05, 3.63) is 195 Å². The fourth-order valence-corrected chi connectivity index (χ4v) is 9.37. The topological polar surface area (TPSA) is 142 Å². The molecule has 1 atom stereocenters. The van der Waals surface area contributed by atoms with Crippen LogP contribution in [0, 0.1) is 41.5 Å². The second-order valence-corrected chi connectivity index (χ2v) is 18.6. The molecule has 0 saturated heterocycles. The first kappa shape index (κ1) is 61.9. The number of imidazole rings is 2. The first-order valence-corrected chi connectivity index (χ1v) is 28.7. The first-order valence-electron chi connectivity index (χ1n) is 26.9. The molecule has 12 nitrogen and oxygen atoms in total. The predicted molar refractivity (Wildman–Crippen MR) is 341 cm³/mol. The summed E-state index contributed by atoms with van der Waals surface area (Å²) in [7, 11) is 0. The van der Waals surface area contributed by atoms with Crippen molar-refractivity contribution >= 4 is 79.8 Å². The number of aryl methyl sites for hydroxylation is 6. The Hall–Kier alpha value is -7.68. The van der Waals surface area contributed by atoms with Gasteiger partial charge >= 0.3 is 0 Å². The van der Waals surface area contributed by atoms with Gasteiger partial charge in [0.25, 0.3) is 11.8 Å². The van der Waals surface area contributed by atoms with Crippen LogP contribution in [0.15, 0.2) is 144 Å². The molecular weight excluding hydrogens is 993 g/mol. The van der Waals surface area contributed by atoms with Gasteiger partial charge in [-0.2, -0.15) is 0 Å². The Morgan fingerprint density at radius 2 is 1.12 bits per heavy atom. The van der Waals surface area contributed by atoms with Crippen molar-refractivity contribution in [1.82, 2.24) is 29.1 Å². The number of carbonyl (C=O) groups is 2. The number of thioether (sulfide) groups is 1. The van der Waals surface area contributed by atoms with Crippen LogP contribution < -0.4 is 26.6 Å². The lowest BCUT2D eigenvalue weighted by molar-refractivity contribution is 0.101. The number of rotatable bonds is 10. The molecule has 414 valence electrons. The van der Waals surface area contributed by atoms with E-state index in [4.69, 9.17) is 9.97 Å². The number of benzene rings is 4. The molecule has 5 N–H and O–H groups in total. The summed E-state index contributed by atoms with van der Waals surface area (Å²) >= 11 is 3.21. The van der Waals surface area contributed by atoms with Gasteiger partial charge in [-0.3, -0.25) is 18.4 Å². The number of para-hydroxylation sites is 2. The highest BCUT2D eigenvalue weighted by atomic mass is 32.2. The molecule has 4 aromatic carbocycles. The number of nitrogens with zero attached hydrogens (tertiary/aromatic N) is 5. The average molecular weight is 1080 g/mol. The molecule has 1 aliphatic rings. The summed E-state index contributed by atoms with van der Waals surface area (Å²) in [6, 6.07) is 40.6. The molecule has 6 heterocycles. The number of amides is 2. The van der Waals surface area contributed by atoms with Crippen molar-refractivity contribution in [2.45, 2.75) is 123 Å². The largest absolute Gasteiger partial charge is 0.357 e. The van der Waals surface area contributed by atoms with Crippen LogP contribution in [0.4, 0.5) is 27.9 Å². The van der Waals surface area contributed by atoms with Crippen LogP contribution in [0.25, 0.3) is 28.4 Å². The van der Waals surface area contributed by atoms with Crippen molar-refractivity contribution in [2.24, 2.45) is 0 Å². The number of thiazole rings is 1. The predicted octanol–water partition coefficient (Wildman–Crippen LogP) is 18.4. The lowest BCUT2D eigenvalue weighted by Gasteiger charge is -2.16. The molecule has 0 aliphatic carbocycles. The fourth-order valence-electron chi connectivity index (χ4n) is 7.80. The molecule has 5 aromatic heterocycles. The molecule has 1 aliphatic heterocycles. The highest BCUT2D eigenvalue weighted by Gasteiger charge is 2.23. The third-order valence-electron chi connectivity index (χ3n) is 11.3. The van der Waals surface area contributed by atoms with E-state index in [1.165, 1.54) is 17.8 Å². The van der Waals surface area contributed by atoms with E-state index in [0.717, 1.165) is 95.7 Å². The molecule has 0 radical (unpaired) electrons. The molecule has 1 unspecified atom stereocenters. The minimum absolute atomic E-state index is 0. The van der Waals surface area contributed by atoms with Crippen molar-refractivity contribution in [2.75, 3.05) is 21.3 Å². The maximum atomic E-state index is 12.6. The smallest absolute Gasteiger partial charge is 0.255 e. The number of nitrogens with one attached hydrogen (secondary N) is 5. The van der Waals surface area contributed by atoms with Gasteiger partial charge in [0.15, 0.2) is 5.13 Å². The fraction of sp³-hybridized carbons (Fsp3) is 0.286. The van der Waals surface area contributed by atoms with Gasteiger partial charge in [-0.25, -0.2) is 15.0 Å². The standard InChI is InChI=1S/C26H25N5OS.C26H23N5OS.C3H8.4C2H6.4H2/c1-16-7-4-5-9-21(16)29-25(32)19-10-12-20(13-11-19)28-26-30-22(15-33-26)23-18(3)27-24-17(2)8-6-14-31(23)24;1-16-7-4-5-9-21(16)29-25(32)19-11-13-20(14-12-19)28-26-30-22(15-33-26)24-18(3)27-23-10-6-8-17(2)31(23)24;1-3-2;4*1-2;;;;/h4-15,26,28,30H,1-3H3,(H,29,32);4-15H,1-3H3,(H,28,30)(H,29,32);3H2,1-2H3;4*1-2H3;4*1H. The zero-order valence-corrected chi connectivity index (χ0v) is 49.6. The summed E-state index contributed by atoms with van der Waals surface area (Å²) in [5.41, 5.74) is 16.8. The lowest BCUT2D eigenvalue weighted by atomic mass is 10.1. The molecule has 0 bridgehead atoms. The minimum Gasteiger partial charge on any atom is -0.357 e. The Kier molecular flexibility index (Phi) is 25.2. The molecule has 2 amide bonds. The minimum atomic E-state index is -0.133. The zero-order chi connectivity index (χ0) is 56.6. The SMILES string of the molecule is CC.CC.CC.CC.CCC.Cc1ccccc1NC(=O)c1ccc(NC2NC(c3c(C)nc4c(C)cccn34)=CS2)cc1.Cc1ccccc1NC(=O)c1ccc(Nc2nc(-c3c(C)nc4cccc(C)n34)cs2)cc1.[HH].[HH].[HH].[HH]. The first-order chi connectivity index (χ1) is 37.4. The Bertz CT molecular complexity index is 3320. The maximum Gasteiger partial charge on any atom is 0.255 e.